The van der Waals surface area contributed by atoms with E-state index in [1.54, 1.807) is 17.7 Å². The number of hydrogen-bond donors (Lipinski definition) is 0. The van der Waals surface area contributed by atoms with Crippen molar-refractivity contribution in [1.82, 2.24) is 19.7 Å². The number of halogens is 1. The lowest BCUT2D eigenvalue weighted by atomic mass is 10.2. The van der Waals surface area contributed by atoms with E-state index in [2.05, 4.69) is 31.1 Å². The summed E-state index contributed by atoms with van der Waals surface area (Å²) in [6.45, 7) is 0.819. The summed E-state index contributed by atoms with van der Waals surface area (Å²) in [5.74, 6) is 1.34. The molecule has 2 heterocycles. The Bertz CT molecular complexity index is 1190. The van der Waals surface area contributed by atoms with Crippen LogP contribution in [0.4, 0.5) is 0 Å². The Balaban J connectivity index is 1.62. The highest BCUT2D eigenvalue weighted by atomic mass is 79.9. The third kappa shape index (κ3) is 4.42. The van der Waals surface area contributed by atoms with Crippen molar-refractivity contribution in [1.29, 1.82) is 0 Å². The quantitative estimate of drug-likeness (QED) is 0.295. The van der Waals surface area contributed by atoms with Crippen LogP contribution in [0.3, 0.4) is 0 Å². The monoisotopic (exact) mass is 472 g/mol. The SMILES string of the molecule is COCCn1c(SCc2nnc(-c3ccccc3)o2)nc2ccc(Br)cc2c1=O. The Morgan fingerprint density at radius 2 is 2.00 bits per heavy atom. The zero-order valence-corrected chi connectivity index (χ0v) is 17.9. The number of aromatic nitrogens is 4. The van der Waals surface area contributed by atoms with Crippen molar-refractivity contribution in [3.63, 3.8) is 0 Å². The van der Waals surface area contributed by atoms with Crippen LogP contribution in [-0.2, 0) is 17.0 Å². The average Bonchev–Trinajstić information content (AvgIpc) is 3.22. The van der Waals surface area contributed by atoms with Crippen molar-refractivity contribution in [3.05, 3.63) is 69.2 Å². The minimum Gasteiger partial charge on any atom is -0.420 e. The van der Waals surface area contributed by atoms with Gasteiger partial charge in [0, 0.05) is 17.1 Å². The number of nitrogens with zero attached hydrogens (tertiary/aromatic N) is 4. The molecule has 0 spiro atoms. The van der Waals surface area contributed by atoms with Gasteiger partial charge in [-0.1, -0.05) is 45.9 Å². The number of thioether (sulfide) groups is 1. The van der Waals surface area contributed by atoms with E-state index >= 15 is 0 Å². The number of hydrogen-bond acceptors (Lipinski definition) is 7. The Morgan fingerprint density at radius 3 is 2.79 bits per heavy atom. The van der Waals surface area contributed by atoms with Crippen LogP contribution in [0.2, 0.25) is 0 Å². The summed E-state index contributed by atoms with van der Waals surface area (Å²) in [6.07, 6.45) is 0. The molecular formula is C20H17BrN4O3S. The fourth-order valence-corrected chi connectivity index (χ4v) is 4.02. The van der Waals surface area contributed by atoms with Crippen LogP contribution in [0.25, 0.3) is 22.4 Å². The fraction of sp³-hybridized carbons (Fsp3) is 0.200. The van der Waals surface area contributed by atoms with Crippen LogP contribution >= 0.6 is 27.7 Å². The van der Waals surface area contributed by atoms with Gasteiger partial charge in [-0.2, -0.15) is 0 Å². The van der Waals surface area contributed by atoms with Gasteiger partial charge in [-0.15, -0.1) is 10.2 Å². The lowest BCUT2D eigenvalue weighted by Gasteiger charge is -2.12. The fourth-order valence-electron chi connectivity index (χ4n) is 2.80. The molecule has 4 rings (SSSR count). The molecular weight excluding hydrogens is 456 g/mol. The summed E-state index contributed by atoms with van der Waals surface area (Å²) in [6, 6.07) is 15.1. The Labute approximate surface area is 179 Å². The summed E-state index contributed by atoms with van der Waals surface area (Å²) in [5, 5.41) is 9.36. The second-order valence-corrected chi connectivity index (χ2v) is 8.02. The van der Waals surface area contributed by atoms with Crippen LogP contribution in [0.1, 0.15) is 5.89 Å². The molecule has 2 aromatic heterocycles. The number of fused-ring (bicyclic) bond motifs is 1. The highest BCUT2D eigenvalue weighted by Crippen LogP contribution is 2.25. The van der Waals surface area contributed by atoms with E-state index < -0.39 is 0 Å². The molecule has 4 aromatic rings. The summed E-state index contributed by atoms with van der Waals surface area (Å²) in [4.78, 5) is 17.7. The first-order valence-corrected chi connectivity index (χ1v) is 10.6. The van der Waals surface area contributed by atoms with Crippen molar-refractivity contribution in [2.24, 2.45) is 0 Å². The predicted octanol–water partition coefficient (Wildman–Crippen LogP) is 4.15. The van der Waals surface area contributed by atoms with E-state index in [1.807, 2.05) is 42.5 Å². The van der Waals surface area contributed by atoms with Gasteiger partial charge < -0.3 is 9.15 Å². The molecule has 0 saturated carbocycles. The van der Waals surface area contributed by atoms with E-state index in [0.717, 1.165) is 10.0 Å². The summed E-state index contributed by atoms with van der Waals surface area (Å²) < 4.78 is 13.4. The zero-order chi connectivity index (χ0) is 20.2. The van der Waals surface area contributed by atoms with Crippen LogP contribution < -0.4 is 5.56 Å². The van der Waals surface area contributed by atoms with E-state index in [1.165, 1.54) is 11.8 Å². The van der Waals surface area contributed by atoms with Crippen molar-refractivity contribution < 1.29 is 9.15 Å². The molecule has 0 bridgehead atoms. The summed E-state index contributed by atoms with van der Waals surface area (Å²) in [7, 11) is 1.60. The van der Waals surface area contributed by atoms with E-state index in [9.17, 15) is 4.79 Å². The molecule has 148 valence electrons. The van der Waals surface area contributed by atoms with Crippen molar-refractivity contribution in [2.45, 2.75) is 17.5 Å². The first-order chi connectivity index (χ1) is 14.2. The first kappa shape index (κ1) is 19.8. The molecule has 0 fully saturated rings. The summed E-state index contributed by atoms with van der Waals surface area (Å²) in [5.41, 5.74) is 1.40. The van der Waals surface area contributed by atoms with Crippen LogP contribution in [0.15, 0.2) is 67.4 Å². The molecule has 0 unspecified atom stereocenters. The minimum absolute atomic E-state index is 0.105. The van der Waals surface area contributed by atoms with Gasteiger partial charge in [0.2, 0.25) is 11.8 Å². The number of ether oxygens (including phenoxy) is 1. The molecule has 0 radical (unpaired) electrons. The van der Waals surface area contributed by atoms with Crippen LogP contribution in [0, 0.1) is 0 Å². The maximum Gasteiger partial charge on any atom is 0.262 e. The zero-order valence-electron chi connectivity index (χ0n) is 15.5. The van der Waals surface area contributed by atoms with Gasteiger partial charge in [0.15, 0.2) is 5.16 Å². The minimum atomic E-state index is -0.105. The molecule has 9 heteroatoms. The van der Waals surface area contributed by atoms with Gasteiger partial charge in [-0.05, 0) is 30.3 Å². The second-order valence-electron chi connectivity index (χ2n) is 6.16. The third-order valence-electron chi connectivity index (χ3n) is 4.21. The molecule has 29 heavy (non-hydrogen) atoms. The van der Waals surface area contributed by atoms with Crippen molar-refractivity contribution in [3.8, 4) is 11.5 Å². The van der Waals surface area contributed by atoms with E-state index in [4.69, 9.17) is 9.15 Å². The van der Waals surface area contributed by atoms with Gasteiger partial charge in [0.25, 0.3) is 5.56 Å². The Morgan fingerprint density at radius 1 is 1.17 bits per heavy atom. The Hall–Kier alpha value is -2.49. The van der Waals surface area contributed by atoms with Gasteiger partial charge in [0.1, 0.15) is 0 Å². The van der Waals surface area contributed by atoms with Crippen molar-refractivity contribution >= 4 is 38.6 Å². The van der Waals surface area contributed by atoms with Gasteiger partial charge >= 0.3 is 0 Å². The van der Waals surface area contributed by atoms with Crippen LogP contribution in [-0.4, -0.2) is 33.5 Å². The molecule has 0 aliphatic rings. The largest absolute Gasteiger partial charge is 0.420 e. The number of rotatable bonds is 7. The molecule has 2 aromatic carbocycles. The summed E-state index contributed by atoms with van der Waals surface area (Å²) >= 11 is 4.79. The normalized spacial score (nSPS) is 11.2. The Kier molecular flexibility index (Phi) is 6.08. The van der Waals surface area contributed by atoms with Gasteiger partial charge in [0.05, 0.1) is 29.8 Å². The lowest BCUT2D eigenvalue weighted by Crippen LogP contribution is -2.25. The molecule has 0 saturated heterocycles. The molecule has 0 aliphatic carbocycles. The first-order valence-electron chi connectivity index (χ1n) is 8.85. The number of benzene rings is 2. The molecule has 0 amide bonds. The van der Waals surface area contributed by atoms with Crippen molar-refractivity contribution in [2.75, 3.05) is 13.7 Å². The molecule has 0 aliphatic heterocycles. The molecule has 7 nitrogen and oxygen atoms in total. The third-order valence-corrected chi connectivity index (χ3v) is 5.67. The lowest BCUT2D eigenvalue weighted by molar-refractivity contribution is 0.183. The predicted molar refractivity (Wildman–Crippen MR) is 115 cm³/mol. The highest BCUT2D eigenvalue weighted by Gasteiger charge is 2.14. The number of methoxy groups -OCH3 is 1. The van der Waals surface area contributed by atoms with E-state index in [0.29, 0.717) is 46.7 Å². The van der Waals surface area contributed by atoms with Gasteiger partial charge in [-0.25, -0.2) is 4.98 Å². The average molecular weight is 473 g/mol. The highest BCUT2D eigenvalue weighted by molar-refractivity contribution is 9.10. The van der Waals surface area contributed by atoms with Crippen LogP contribution in [0.5, 0.6) is 0 Å². The maximum absolute atomic E-state index is 13.0. The van der Waals surface area contributed by atoms with E-state index in [-0.39, 0.29) is 5.56 Å². The van der Waals surface area contributed by atoms with Gasteiger partial charge in [-0.3, -0.25) is 9.36 Å². The standard InChI is InChI=1S/C20H17BrN4O3S/c1-27-10-9-25-19(26)15-11-14(21)7-8-16(15)22-20(25)29-12-17-23-24-18(28-17)13-5-3-2-4-6-13/h2-8,11H,9-10,12H2,1H3. The molecule has 0 N–H and O–H groups in total. The molecule has 0 atom stereocenters. The smallest absolute Gasteiger partial charge is 0.262 e. The maximum atomic E-state index is 13.0. The second kappa shape index (κ2) is 8.89. The topological polar surface area (TPSA) is 83.0 Å².